The zero-order chi connectivity index (χ0) is 27.8. The predicted molar refractivity (Wildman–Crippen MR) is 147 cm³/mol. The monoisotopic (exact) mass is 530 g/mol. The summed E-state index contributed by atoms with van der Waals surface area (Å²) in [6.07, 6.45) is 3.56. The smallest absolute Gasteiger partial charge is 0.326 e. The molecule has 3 aromatic rings. The lowest BCUT2D eigenvalue weighted by Crippen LogP contribution is -2.41. The summed E-state index contributed by atoms with van der Waals surface area (Å²) in [6.45, 7) is 5.44. The number of nitrogens with zero attached hydrogens (tertiary/aromatic N) is 3. The lowest BCUT2D eigenvalue weighted by Gasteiger charge is -2.33. The summed E-state index contributed by atoms with van der Waals surface area (Å²) in [5, 5.41) is 12.0. The number of benzene rings is 2. The summed E-state index contributed by atoms with van der Waals surface area (Å²) in [7, 11) is 0. The minimum Gasteiger partial charge on any atom is -0.485 e. The molecule has 1 unspecified atom stereocenters. The van der Waals surface area contributed by atoms with Crippen LogP contribution >= 0.6 is 0 Å². The first-order chi connectivity index (χ1) is 18.9. The lowest BCUT2D eigenvalue weighted by molar-refractivity contribution is -0.139. The highest BCUT2D eigenvalue weighted by Crippen LogP contribution is 2.28. The number of piperidine rings is 1. The van der Waals surface area contributed by atoms with E-state index in [4.69, 9.17) is 4.74 Å². The number of amides is 1. The number of carbonyl (C=O) groups is 3. The second-order valence-corrected chi connectivity index (χ2v) is 9.79. The number of carboxylic acid groups (broad SMARTS) is 1. The number of nitrogens with one attached hydrogen (secondary N) is 1. The van der Waals surface area contributed by atoms with Crippen LogP contribution in [-0.4, -0.2) is 52.4 Å². The summed E-state index contributed by atoms with van der Waals surface area (Å²) >= 11 is 0. The number of aromatic nitrogens is 2. The van der Waals surface area contributed by atoms with E-state index in [-0.39, 0.29) is 24.5 Å². The number of hydrogen-bond donors (Lipinski definition) is 2. The fourth-order valence-corrected chi connectivity index (χ4v) is 4.75. The van der Waals surface area contributed by atoms with Crippen LogP contribution in [0.15, 0.2) is 54.6 Å². The number of ether oxygens (including phenoxy) is 1. The van der Waals surface area contributed by atoms with E-state index in [2.05, 4.69) is 20.2 Å². The fraction of sp³-hybridized carbons (Fsp3) is 0.367. The number of anilines is 1. The predicted octanol–water partition coefficient (Wildman–Crippen LogP) is 4.23. The molecule has 2 heterocycles. The normalized spacial score (nSPS) is 14.5. The number of rotatable bonds is 11. The lowest BCUT2D eigenvalue weighted by atomic mass is 9.92. The molecule has 2 N–H and O–H groups in total. The summed E-state index contributed by atoms with van der Waals surface area (Å²) in [4.78, 5) is 47.3. The summed E-state index contributed by atoms with van der Waals surface area (Å²) in [5.74, 6) is -0.552. The SMILES string of the molecule is CCC(NC(=O)c1nc(CC2CCN(c3ccc(C=O)cc3)CC2)nc(C)c1OCc1ccccc1)C(=O)O. The fourth-order valence-electron chi connectivity index (χ4n) is 4.75. The van der Waals surface area contributed by atoms with Crippen LogP contribution in [-0.2, 0) is 17.8 Å². The van der Waals surface area contributed by atoms with Gasteiger partial charge in [-0.25, -0.2) is 14.8 Å². The Hall–Kier alpha value is -4.27. The molecule has 1 saturated heterocycles. The Balaban J connectivity index is 1.49. The minimum atomic E-state index is -1.10. The second kappa shape index (κ2) is 13.0. The van der Waals surface area contributed by atoms with Crippen LogP contribution in [0.5, 0.6) is 5.75 Å². The molecule has 0 aliphatic carbocycles. The Kier molecular flexibility index (Phi) is 9.25. The van der Waals surface area contributed by atoms with Gasteiger partial charge in [0.15, 0.2) is 11.4 Å². The van der Waals surface area contributed by atoms with Gasteiger partial charge in [-0.3, -0.25) is 9.59 Å². The van der Waals surface area contributed by atoms with E-state index in [0.29, 0.717) is 29.4 Å². The van der Waals surface area contributed by atoms with Crippen LogP contribution in [0, 0.1) is 12.8 Å². The molecule has 4 rings (SSSR count). The average Bonchev–Trinajstić information content (AvgIpc) is 2.96. The molecular weight excluding hydrogens is 496 g/mol. The third-order valence-corrected chi connectivity index (χ3v) is 7.01. The maximum atomic E-state index is 13.2. The van der Waals surface area contributed by atoms with E-state index in [1.54, 1.807) is 13.8 Å². The van der Waals surface area contributed by atoms with Crippen LogP contribution < -0.4 is 15.0 Å². The van der Waals surface area contributed by atoms with Crippen LogP contribution in [0.4, 0.5) is 5.69 Å². The van der Waals surface area contributed by atoms with E-state index >= 15 is 0 Å². The number of carboxylic acids is 1. The van der Waals surface area contributed by atoms with E-state index in [1.807, 2.05) is 54.6 Å². The molecule has 0 spiro atoms. The molecule has 2 aromatic carbocycles. The van der Waals surface area contributed by atoms with Gasteiger partial charge in [0.25, 0.3) is 5.91 Å². The quantitative estimate of drug-likeness (QED) is 0.353. The van der Waals surface area contributed by atoms with Gasteiger partial charge in [0.2, 0.25) is 0 Å². The van der Waals surface area contributed by atoms with Crippen molar-refractivity contribution in [1.82, 2.24) is 15.3 Å². The topological polar surface area (TPSA) is 122 Å². The van der Waals surface area contributed by atoms with Crippen molar-refractivity contribution in [3.63, 3.8) is 0 Å². The first-order valence-electron chi connectivity index (χ1n) is 13.3. The van der Waals surface area contributed by atoms with Gasteiger partial charge in [-0.15, -0.1) is 0 Å². The second-order valence-electron chi connectivity index (χ2n) is 9.79. The van der Waals surface area contributed by atoms with Crippen molar-refractivity contribution < 1.29 is 24.2 Å². The number of aryl methyl sites for hydroxylation is 1. The number of aliphatic carboxylic acids is 1. The largest absolute Gasteiger partial charge is 0.485 e. The Bertz CT molecular complexity index is 1290. The number of hydrogen-bond acceptors (Lipinski definition) is 7. The maximum absolute atomic E-state index is 13.2. The van der Waals surface area contributed by atoms with Crippen molar-refractivity contribution in [2.45, 2.75) is 52.2 Å². The molecule has 0 radical (unpaired) electrons. The summed E-state index contributed by atoms with van der Waals surface area (Å²) in [5.41, 5.74) is 3.27. The molecule has 1 aliphatic rings. The van der Waals surface area contributed by atoms with Crippen LogP contribution in [0.2, 0.25) is 0 Å². The third kappa shape index (κ3) is 7.19. The van der Waals surface area contributed by atoms with Crippen molar-refractivity contribution in [2.24, 2.45) is 5.92 Å². The third-order valence-electron chi connectivity index (χ3n) is 7.01. The highest BCUT2D eigenvalue weighted by Gasteiger charge is 2.26. The molecule has 0 saturated carbocycles. The molecule has 1 aliphatic heterocycles. The minimum absolute atomic E-state index is 0.0563. The Labute approximate surface area is 228 Å². The summed E-state index contributed by atoms with van der Waals surface area (Å²) < 4.78 is 6.01. The van der Waals surface area contributed by atoms with Crippen molar-refractivity contribution in [3.8, 4) is 5.75 Å². The Morgan fingerprint density at radius 3 is 2.41 bits per heavy atom. The zero-order valence-electron chi connectivity index (χ0n) is 22.3. The van der Waals surface area contributed by atoms with Gasteiger partial charge in [-0.2, -0.15) is 0 Å². The molecule has 1 aromatic heterocycles. The molecule has 9 heteroatoms. The summed E-state index contributed by atoms with van der Waals surface area (Å²) in [6, 6.07) is 16.1. The Morgan fingerprint density at radius 1 is 1.10 bits per heavy atom. The molecular formula is C30H34N4O5. The molecule has 204 valence electrons. The van der Waals surface area contributed by atoms with E-state index in [9.17, 15) is 19.5 Å². The number of carbonyl (C=O) groups excluding carboxylic acids is 2. The van der Waals surface area contributed by atoms with Crippen LogP contribution in [0.1, 0.15) is 64.1 Å². The molecule has 1 atom stereocenters. The molecule has 9 nitrogen and oxygen atoms in total. The van der Waals surface area contributed by atoms with E-state index in [1.165, 1.54) is 0 Å². The van der Waals surface area contributed by atoms with Gasteiger partial charge in [0, 0.05) is 30.8 Å². The van der Waals surface area contributed by atoms with Crippen molar-refractivity contribution >= 4 is 23.9 Å². The standard InChI is InChI=1S/C30H34N4O5/c1-3-25(30(37)38)32-29(36)27-28(39-19-23-7-5-4-6-8-23)20(2)31-26(33-27)17-21-13-15-34(16-14-21)24-11-9-22(18-35)10-12-24/h4-12,18,21,25H,3,13-17,19H2,1-2H3,(H,32,36)(H,37,38). The van der Waals surface area contributed by atoms with E-state index < -0.39 is 17.9 Å². The van der Waals surface area contributed by atoms with Crippen LogP contribution in [0.25, 0.3) is 0 Å². The molecule has 1 amide bonds. The number of aldehydes is 1. The van der Waals surface area contributed by atoms with Gasteiger partial charge in [-0.1, -0.05) is 37.3 Å². The highest BCUT2D eigenvalue weighted by atomic mass is 16.5. The maximum Gasteiger partial charge on any atom is 0.326 e. The molecule has 1 fully saturated rings. The van der Waals surface area contributed by atoms with Gasteiger partial charge in [0.1, 0.15) is 24.8 Å². The zero-order valence-corrected chi connectivity index (χ0v) is 22.3. The highest BCUT2D eigenvalue weighted by molar-refractivity contribution is 5.97. The average molecular weight is 531 g/mol. The van der Waals surface area contributed by atoms with Crippen LogP contribution in [0.3, 0.4) is 0 Å². The van der Waals surface area contributed by atoms with E-state index in [0.717, 1.165) is 43.5 Å². The molecule has 0 bridgehead atoms. The van der Waals surface area contributed by atoms with Gasteiger partial charge in [-0.05, 0) is 61.9 Å². The van der Waals surface area contributed by atoms with Crippen molar-refractivity contribution in [1.29, 1.82) is 0 Å². The first kappa shape index (κ1) is 27.8. The van der Waals surface area contributed by atoms with Gasteiger partial charge < -0.3 is 20.1 Å². The van der Waals surface area contributed by atoms with Gasteiger partial charge in [0.05, 0.1) is 5.69 Å². The van der Waals surface area contributed by atoms with Crippen molar-refractivity contribution in [2.75, 3.05) is 18.0 Å². The Morgan fingerprint density at radius 2 is 1.79 bits per heavy atom. The van der Waals surface area contributed by atoms with Gasteiger partial charge >= 0.3 is 5.97 Å². The van der Waals surface area contributed by atoms with Crippen molar-refractivity contribution in [3.05, 3.63) is 82.9 Å². The molecule has 39 heavy (non-hydrogen) atoms. The first-order valence-corrected chi connectivity index (χ1v) is 13.3.